The molecule has 11 heteroatoms. The van der Waals surface area contributed by atoms with E-state index in [1.54, 1.807) is 48.8 Å². The van der Waals surface area contributed by atoms with Gasteiger partial charge in [0.15, 0.2) is 16.7 Å². The predicted octanol–water partition coefficient (Wildman–Crippen LogP) is 11.1. The molecule has 3 heterocycles. The number of benzene rings is 4. The Morgan fingerprint density at radius 1 is 0.727 bits per heavy atom. The normalized spacial score (nSPS) is 16.2. The number of unbranched alkanes of at least 4 members (excludes halogenated alkanes) is 13. The highest BCUT2D eigenvalue weighted by Crippen LogP contribution is 2.51. The summed E-state index contributed by atoms with van der Waals surface area (Å²) >= 11 is -2.18. The maximum Gasteiger partial charge on any atom is 0.340 e. The van der Waals surface area contributed by atoms with Crippen LogP contribution in [0.1, 0.15) is 124 Å². The number of carbonyl (C=O) groups excluding carboxylic acids is 1. The molecule has 0 aliphatic carbocycles. The van der Waals surface area contributed by atoms with Crippen LogP contribution >= 0.6 is 0 Å². The van der Waals surface area contributed by atoms with E-state index in [1.807, 2.05) is 36.4 Å². The molecule has 4 N–H and O–H groups in total. The van der Waals surface area contributed by atoms with Crippen molar-refractivity contribution < 1.29 is 26.7 Å². The predicted molar refractivity (Wildman–Crippen MR) is 223 cm³/mol. The maximum atomic E-state index is 14.0. The number of H-pyrrole nitrogens is 2. The number of fused-ring (bicyclic) bond motifs is 2. The quantitative estimate of drug-likeness (QED) is 0.0345. The van der Waals surface area contributed by atoms with Crippen LogP contribution in [0.25, 0.3) is 32.6 Å². The molecular weight excluding hydrogens is 731 g/mol. The minimum Gasteiger partial charge on any atom is -0.440 e. The second-order valence-corrected chi connectivity index (χ2v) is 17.7. The Bertz CT molecular complexity index is 2430. The van der Waals surface area contributed by atoms with Crippen LogP contribution in [0.5, 0.6) is 0 Å². The van der Waals surface area contributed by atoms with Crippen LogP contribution in [0.15, 0.2) is 90.1 Å². The van der Waals surface area contributed by atoms with E-state index in [-0.39, 0.29) is 10.6 Å². The molecule has 0 fully saturated rings. The van der Waals surface area contributed by atoms with Crippen LogP contribution in [-0.2, 0) is 31.4 Å². The van der Waals surface area contributed by atoms with Gasteiger partial charge in [0.2, 0.25) is 10.0 Å². The van der Waals surface area contributed by atoms with E-state index < -0.39 is 32.7 Å². The fourth-order valence-corrected chi connectivity index (χ4v) is 9.93. The first kappa shape index (κ1) is 38.8. The van der Waals surface area contributed by atoms with Crippen molar-refractivity contribution >= 4 is 65.3 Å². The summed E-state index contributed by atoms with van der Waals surface area (Å²) in [5.74, 6) is -0.461. The topological polar surface area (TPSA) is 141 Å². The molecular formula is C44H51N3O6S2. The lowest BCUT2D eigenvalue weighted by atomic mass is 9.75. The molecule has 7 rings (SSSR count). The third-order valence-corrected chi connectivity index (χ3v) is 13.1. The van der Waals surface area contributed by atoms with Gasteiger partial charge in [0.05, 0.1) is 27.4 Å². The van der Waals surface area contributed by atoms with Gasteiger partial charge in [-0.1, -0.05) is 139 Å². The van der Waals surface area contributed by atoms with Crippen LogP contribution in [0.4, 0.5) is 5.69 Å². The molecule has 0 saturated heterocycles. The summed E-state index contributed by atoms with van der Waals surface area (Å²) < 4.78 is 58.0. The molecule has 2 unspecified atom stereocenters. The highest BCUT2D eigenvalue weighted by atomic mass is 32.2. The van der Waals surface area contributed by atoms with Gasteiger partial charge in [-0.15, -0.1) is 0 Å². The van der Waals surface area contributed by atoms with Gasteiger partial charge in [0.1, 0.15) is 0 Å². The first-order valence-electron chi connectivity index (χ1n) is 19.8. The molecule has 0 bridgehead atoms. The Hall–Kier alpha value is -4.45. The molecule has 4 aromatic carbocycles. The number of aromatic amines is 2. The molecule has 9 nitrogen and oxygen atoms in total. The van der Waals surface area contributed by atoms with Crippen molar-refractivity contribution in [2.45, 2.75) is 107 Å². The van der Waals surface area contributed by atoms with Gasteiger partial charge < -0.3 is 19.3 Å². The lowest BCUT2D eigenvalue weighted by Crippen LogP contribution is -2.38. The number of hydrogen-bond donors (Lipinski definition) is 4. The molecule has 0 spiro atoms. The molecule has 0 radical (unpaired) electrons. The second-order valence-electron chi connectivity index (χ2n) is 14.9. The van der Waals surface area contributed by atoms with E-state index in [0.29, 0.717) is 50.6 Å². The van der Waals surface area contributed by atoms with Crippen LogP contribution in [0, 0.1) is 0 Å². The van der Waals surface area contributed by atoms with Crippen molar-refractivity contribution in [1.82, 2.24) is 9.97 Å². The number of nitrogens with one attached hydrogen (secondary N) is 3. The summed E-state index contributed by atoms with van der Waals surface area (Å²) in [5.41, 5.74) is 2.60. The molecule has 55 heavy (non-hydrogen) atoms. The first-order chi connectivity index (χ1) is 26.7. The zero-order chi connectivity index (χ0) is 38.4. The molecule has 1 aliphatic rings. The number of ether oxygens (including phenoxy) is 1. The highest BCUT2D eigenvalue weighted by molar-refractivity contribution is 7.92. The molecule has 0 saturated carbocycles. The van der Waals surface area contributed by atoms with Gasteiger partial charge in [-0.25, -0.2) is 17.4 Å². The summed E-state index contributed by atoms with van der Waals surface area (Å²) in [4.78, 5) is 20.8. The minimum atomic E-state index is -3.64. The third kappa shape index (κ3) is 8.11. The Morgan fingerprint density at radius 3 is 2.04 bits per heavy atom. The molecule has 290 valence electrons. The fraction of sp³-hybridized carbons (Fsp3) is 0.386. The first-order valence-corrected chi connectivity index (χ1v) is 22.6. The molecule has 2 aromatic heterocycles. The van der Waals surface area contributed by atoms with Crippen molar-refractivity contribution in [2.75, 3.05) is 10.5 Å². The number of sulfonamides is 1. The van der Waals surface area contributed by atoms with Gasteiger partial charge >= 0.3 is 5.97 Å². The monoisotopic (exact) mass is 781 g/mol. The van der Waals surface area contributed by atoms with Gasteiger partial charge in [0.25, 0.3) is 0 Å². The summed E-state index contributed by atoms with van der Waals surface area (Å²) in [6, 6.07) is 21.8. The zero-order valence-corrected chi connectivity index (χ0v) is 33.1. The van der Waals surface area contributed by atoms with E-state index in [0.717, 1.165) is 35.6 Å². The summed E-state index contributed by atoms with van der Waals surface area (Å²) in [7, 11) is -3.64. The van der Waals surface area contributed by atoms with Crippen LogP contribution < -0.4 is 4.72 Å². The second kappa shape index (κ2) is 17.1. The number of carbonyl (C=O) groups is 1. The largest absolute Gasteiger partial charge is 0.440 e. The van der Waals surface area contributed by atoms with Gasteiger partial charge in [0, 0.05) is 50.8 Å². The smallest absolute Gasteiger partial charge is 0.340 e. The van der Waals surface area contributed by atoms with Crippen LogP contribution in [0.2, 0.25) is 0 Å². The summed E-state index contributed by atoms with van der Waals surface area (Å²) in [6.07, 6.45) is 20.3. The SMILES string of the molecule is CCCCCCCCCCCCCCCCS(=O)(=O)Nc1cccc2c(C3(c4c[nH]c5cc(S(=O)O)ccc45)OC(=O)c4cccc5cccc3c45)c[nH]c12. The van der Waals surface area contributed by atoms with Gasteiger partial charge in [-0.05, 0) is 36.1 Å². The Labute approximate surface area is 326 Å². The number of aromatic nitrogens is 2. The minimum absolute atomic E-state index is 0.0330. The number of esters is 1. The zero-order valence-electron chi connectivity index (χ0n) is 31.5. The number of rotatable bonds is 20. The number of para-hydroxylation sites is 1. The van der Waals surface area contributed by atoms with E-state index >= 15 is 0 Å². The Morgan fingerprint density at radius 2 is 1.35 bits per heavy atom. The molecule has 1 aliphatic heterocycles. The fourth-order valence-electron chi connectivity index (χ4n) is 8.34. The molecule has 2 atom stereocenters. The maximum absolute atomic E-state index is 14.0. The number of cyclic esters (lactones) is 1. The van der Waals surface area contributed by atoms with Crippen LogP contribution in [0.3, 0.4) is 0 Å². The number of anilines is 1. The standard InChI is InChI=1S/C44H51N3O6S2/c1-2-3-4-5-6-7-8-9-10-11-12-13-14-15-27-55(51,52)47-39-24-18-21-34-38(30-46-42(34)39)44(37-29-45-40-28-32(54(49)50)25-26-33(37)40)36-23-17-20-31-19-16-22-35(41(31)36)43(48)53-44/h16-26,28-30,45-47H,2-15,27H2,1H3,(H,49,50). The van der Waals surface area contributed by atoms with Crippen molar-refractivity contribution in [2.24, 2.45) is 0 Å². The highest BCUT2D eigenvalue weighted by Gasteiger charge is 2.48. The molecule has 6 aromatic rings. The summed E-state index contributed by atoms with van der Waals surface area (Å²) in [5, 5.41) is 3.04. The van der Waals surface area contributed by atoms with Crippen molar-refractivity contribution in [3.63, 3.8) is 0 Å². The van der Waals surface area contributed by atoms with Crippen LogP contribution in [-0.4, -0.2) is 38.9 Å². The Kier molecular flexibility index (Phi) is 12.1. The molecule has 0 amide bonds. The van der Waals surface area contributed by atoms with E-state index in [2.05, 4.69) is 21.6 Å². The lowest BCUT2D eigenvalue weighted by Gasteiger charge is -2.38. The van der Waals surface area contributed by atoms with E-state index in [1.165, 1.54) is 64.2 Å². The Balaban J connectivity index is 1.11. The van der Waals surface area contributed by atoms with Gasteiger partial charge in [-0.3, -0.25) is 4.72 Å². The van der Waals surface area contributed by atoms with Crippen molar-refractivity contribution in [3.05, 3.63) is 107 Å². The number of hydrogen-bond acceptors (Lipinski definition) is 5. The summed E-state index contributed by atoms with van der Waals surface area (Å²) in [6.45, 7) is 2.25. The van der Waals surface area contributed by atoms with Crippen molar-refractivity contribution in [3.8, 4) is 0 Å². The van der Waals surface area contributed by atoms with Crippen molar-refractivity contribution in [1.29, 1.82) is 0 Å². The van der Waals surface area contributed by atoms with E-state index in [4.69, 9.17) is 4.74 Å². The average molecular weight is 782 g/mol. The van der Waals surface area contributed by atoms with E-state index in [9.17, 15) is 22.0 Å². The van der Waals surface area contributed by atoms with Gasteiger partial charge in [-0.2, -0.15) is 0 Å². The average Bonchev–Trinajstić information content (AvgIpc) is 3.82. The lowest BCUT2D eigenvalue weighted by molar-refractivity contribution is 0.0135. The third-order valence-electron chi connectivity index (χ3n) is 11.1.